The van der Waals surface area contributed by atoms with E-state index in [-0.39, 0.29) is 12.5 Å². The van der Waals surface area contributed by atoms with Crippen molar-refractivity contribution in [3.63, 3.8) is 0 Å². The summed E-state index contributed by atoms with van der Waals surface area (Å²) >= 11 is 0. The molecule has 6 heteroatoms. The first-order chi connectivity index (χ1) is 13.5. The molecule has 0 fully saturated rings. The number of carbonyl (C=O) groups excluding carboxylic acids is 1. The SMILES string of the molecule is C#Cc1cccc(NC(=O)CNC(=NC)N(C)Cc2ccc(OCC)cc2)c1. The number of anilines is 1. The van der Waals surface area contributed by atoms with Gasteiger partial charge in [-0.3, -0.25) is 9.79 Å². The topological polar surface area (TPSA) is 66.0 Å². The second-order valence-corrected chi connectivity index (χ2v) is 6.11. The van der Waals surface area contributed by atoms with Crippen molar-refractivity contribution in [1.82, 2.24) is 10.2 Å². The Balaban J connectivity index is 1.87. The number of hydrogen-bond donors (Lipinski definition) is 2. The normalized spacial score (nSPS) is 10.7. The molecule has 0 spiro atoms. The van der Waals surface area contributed by atoms with Crippen molar-refractivity contribution >= 4 is 17.6 Å². The third kappa shape index (κ3) is 6.36. The van der Waals surface area contributed by atoms with Gasteiger partial charge in [-0.1, -0.05) is 24.1 Å². The molecule has 2 aromatic carbocycles. The number of terminal acetylenes is 1. The predicted octanol–water partition coefficient (Wildman–Crippen LogP) is 2.71. The molecule has 0 aliphatic heterocycles. The minimum Gasteiger partial charge on any atom is -0.494 e. The van der Waals surface area contributed by atoms with Gasteiger partial charge in [0.1, 0.15) is 5.75 Å². The monoisotopic (exact) mass is 378 g/mol. The number of benzene rings is 2. The van der Waals surface area contributed by atoms with Gasteiger partial charge >= 0.3 is 0 Å². The van der Waals surface area contributed by atoms with Crippen molar-refractivity contribution < 1.29 is 9.53 Å². The van der Waals surface area contributed by atoms with Crippen LogP contribution in [-0.2, 0) is 11.3 Å². The van der Waals surface area contributed by atoms with Crippen LogP contribution in [0.3, 0.4) is 0 Å². The summed E-state index contributed by atoms with van der Waals surface area (Å²) in [6.45, 7) is 3.35. The zero-order chi connectivity index (χ0) is 20.4. The van der Waals surface area contributed by atoms with E-state index in [0.29, 0.717) is 24.8 Å². The van der Waals surface area contributed by atoms with Gasteiger partial charge in [0.15, 0.2) is 5.96 Å². The molecule has 2 rings (SSSR count). The van der Waals surface area contributed by atoms with Crippen molar-refractivity contribution in [2.75, 3.05) is 32.6 Å². The lowest BCUT2D eigenvalue weighted by Crippen LogP contribution is -2.42. The lowest BCUT2D eigenvalue weighted by molar-refractivity contribution is -0.115. The van der Waals surface area contributed by atoms with Crippen LogP contribution < -0.4 is 15.4 Å². The van der Waals surface area contributed by atoms with Crippen LogP contribution in [0.15, 0.2) is 53.5 Å². The van der Waals surface area contributed by atoms with Gasteiger partial charge < -0.3 is 20.3 Å². The molecule has 146 valence electrons. The number of carbonyl (C=O) groups is 1. The minimum absolute atomic E-state index is 0.0978. The van der Waals surface area contributed by atoms with Gasteiger partial charge in [0.05, 0.1) is 13.2 Å². The number of ether oxygens (including phenoxy) is 1. The molecule has 1 amide bonds. The van der Waals surface area contributed by atoms with Gasteiger partial charge in [0.25, 0.3) is 0 Å². The zero-order valence-corrected chi connectivity index (χ0v) is 16.5. The zero-order valence-electron chi connectivity index (χ0n) is 16.5. The van der Waals surface area contributed by atoms with Crippen LogP contribution in [-0.4, -0.2) is 44.0 Å². The molecule has 0 radical (unpaired) electrons. The van der Waals surface area contributed by atoms with Crippen molar-refractivity contribution in [1.29, 1.82) is 0 Å². The van der Waals surface area contributed by atoms with Crippen molar-refractivity contribution in [2.45, 2.75) is 13.5 Å². The molecule has 0 atom stereocenters. The standard InChI is InChI=1S/C22H26N4O2/c1-5-17-8-7-9-19(14-17)25-21(27)15-24-22(23-3)26(4)16-18-10-12-20(13-11-18)28-6-2/h1,7-14H,6,15-16H2,2-4H3,(H,23,24)(H,25,27). The van der Waals surface area contributed by atoms with Crippen molar-refractivity contribution in [2.24, 2.45) is 4.99 Å². The maximum Gasteiger partial charge on any atom is 0.243 e. The third-order valence-electron chi connectivity index (χ3n) is 3.95. The highest BCUT2D eigenvalue weighted by molar-refractivity contribution is 5.95. The molecule has 0 bridgehead atoms. The number of nitrogens with one attached hydrogen (secondary N) is 2. The molecule has 0 saturated heterocycles. The van der Waals surface area contributed by atoms with E-state index >= 15 is 0 Å². The Labute approximate surface area is 166 Å². The lowest BCUT2D eigenvalue weighted by atomic mass is 10.2. The van der Waals surface area contributed by atoms with Crippen molar-refractivity contribution in [3.05, 3.63) is 59.7 Å². The van der Waals surface area contributed by atoms with E-state index in [4.69, 9.17) is 11.2 Å². The fourth-order valence-corrected chi connectivity index (χ4v) is 2.64. The summed E-state index contributed by atoms with van der Waals surface area (Å²) in [7, 11) is 3.60. The largest absolute Gasteiger partial charge is 0.494 e. The molecule has 0 aliphatic carbocycles. The Bertz CT molecular complexity index is 854. The molecule has 2 N–H and O–H groups in total. The molecule has 28 heavy (non-hydrogen) atoms. The van der Waals surface area contributed by atoms with Gasteiger partial charge in [-0.25, -0.2) is 0 Å². The summed E-state index contributed by atoms with van der Waals surface area (Å²) < 4.78 is 5.46. The molecule has 0 heterocycles. The Hall–Kier alpha value is -3.46. The second kappa shape index (κ2) is 10.6. The van der Waals surface area contributed by atoms with Crippen LogP contribution in [0.1, 0.15) is 18.1 Å². The molecule has 0 aliphatic rings. The highest BCUT2D eigenvalue weighted by atomic mass is 16.5. The van der Waals surface area contributed by atoms with Crippen LogP contribution in [0.5, 0.6) is 5.75 Å². The van der Waals surface area contributed by atoms with E-state index in [2.05, 4.69) is 21.5 Å². The molecular formula is C22H26N4O2. The Morgan fingerprint density at radius 2 is 2.00 bits per heavy atom. The second-order valence-electron chi connectivity index (χ2n) is 6.11. The molecular weight excluding hydrogens is 352 g/mol. The first kappa shape index (κ1) is 20.8. The predicted molar refractivity (Wildman–Crippen MR) is 113 cm³/mol. The van der Waals surface area contributed by atoms with Crippen LogP contribution in [0.2, 0.25) is 0 Å². The average molecular weight is 378 g/mol. The lowest BCUT2D eigenvalue weighted by Gasteiger charge is -2.22. The van der Waals surface area contributed by atoms with E-state index in [1.165, 1.54) is 0 Å². The number of nitrogens with zero attached hydrogens (tertiary/aromatic N) is 2. The number of guanidine groups is 1. The number of amides is 1. The van der Waals surface area contributed by atoms with E-state index in [1.807, 2.05) is 55.3 Å². The minimum atomic E-state index is -0.176. The maximum atomic E-state index is 12.2. The van der Waals surface area contributed by atoms with Crippen LogP contribution in [0, 0.1) is 12.3 Å². The smallest absolute Gasteiger partial charge is 0.243 e. The van der Waals surface area contributed by atoms with Gasteiger partial charge in [-0.2, -0.15) is 0 Å². The van der Waals surface area contributed by atoms with Crippen LogP contribution in [0.25, 0.3) is 0 Å². The first-order valence-corrected chi connectivity index (χ1v) is 9.05. The summed E-state index contributed by atoms with van der Waals surface area (Å²) in [5.41, 5.74) is 2.50. The van der Waals surface area contributed by atoms with Crippen LogP contribution >= 0.6 is 0 Å². The van der Waals surface area contributed by atoms with E-state index < -0.39 is 0 Å². The summed E-state index contributed by atoms with van der Waals surface area (Å²) in [5, 5.41) is 5.89. The summed E-state index contributed by atoms with van der Waals surface area (Å²) in [6, 6.07) is 15.1. The van der Waals surface area contributed by atoms with Gasteiger partial charge in [0.2, 0.25) is 5.91 Å². The summed E-state index contributed by atoms with van der Waals surface area (Å²) in [5.74, 6) is 3.85. The Kier molecular flexibility index (Phi) is 7.92. The fraction of sp³-hybridized carbons (Fsp3) is 0.273. The van der Waals surface area contributed by atoms with Gasteiger partial charge in [-0.15, -0.1) is 6.42 Å². The van der Waals surface area contributed by atoms with Gasteiger partial charge in [-0.05, 0) is 42.8 Å². The third-order valence-corrected chi connectivity index (χ3v) is 3.95. The highest BCUT2D eigenvalue weighted by Crippen LogP contribution is 2.13. The number of hydrogen-bond acceptors (Lipinski definition) is 3. The molecule has 6 nitrogen and oxygen atoms in total. The maximum absolute atomic E-state index is 12.2. The molecule has 0 saturated carbocycles. The number of rotatable bonds is 7. The van der Waals surface area contributed by atoms with E-state index in [1.54, 1.807) is 19.2 Å². The average Bonchev–Trinajstić information content (AvgIpc) is 2.70. The molecule has 0 aromatic heterocycles. The summed E-state index contributed by atoms with van der Waals surface area (Å²) in [6.07, 6.45) is 5.38. The molecule has 0 unspecified atom stereocenters. The van der Waals surface area contributed by atoms with E-state index in [9.17, 15) is 4.79 Å². The van der Waals surface area contributed by atoms with Crippen LogP contribution in [0.4, 0.5) is 5.69 Å². The quantitative estimate of drug-likeness (QED) is 0.442. The highest BCUT2D eigenvalue weighted by Gasteiger charge is 2.09. The fourth-order valence-electron chi connectivity index (χ4n) is 2.64. The van der Waals surface area contributed by atoms with Crippen molar-refractivity contribution in [3.8, 4) is 18.1 Å². The van der Waals surface area contributed by atoms with Gasteiger partial charge in [0, 0.05) is 31.9 Å². The Morgan fingerprint density at radius 1 is 1.25 bits per heavy atom. The molecule has 2 aromatic rings. The number of aliphatic imine (C=N–C) groups is 1. The first-order valence-electron chi connectivity index (χ1n) is 9.05. The van der Waals surface area contributed by atoms with E-state index in [0.717, 1.165) is 16.9 Å². The Morgan fingerprint density at radius 3 is 2.64 bits per heavy atom. The summed E-state index contributed by atoms with van der Waals surface area (Å²) in [4.78, 5) is 18.4.